The van der Waals surface area contributed by atoms with Crippen LogP contribution in [0.5, 0.6) is 0 Å². The summed E-state index contributed by atoms with van der Waals surface area (Å²) >= 11 is 0. The Morgan fingerprint density at radius 3 is 2.31 bits per heavy atom. The molecule has 146 valence electrons. The van der Waals surface area contributed by atoms with Crippen LogP contribution in [0.4, 0.5) is 5.69 Å². The molecule has 2 aromatic heterocycles. The lowest BCUT2D eigenvalue weighted by atomic mass is 10.2. The third-order valence-corrected chi connectivity index (χ3v) is 4.85. The van der Waals surface area contributed by atoms with Crippen LogP contribution in [0.1, 0.15) is 23.4 Å². The van der Waals surface area contributed by atoms with Gasteiger partial charge in [-0.05, 0) is 50.1 Å². The van der Waals surface area contributed by atoms with E-state index in [2.05, 4.69) is 15.5 Å². The highest BCUT2D eigenvalue weighted by molar-refractivity contribution is 5.92. The van der Waals surface area contributed by atoms with E-state index in [0.717, 1.165) is 34.0 Å². The van der Waals surface area contributed by atoms with Gasteiger partial charge in [0, 0.05) is 12.6 Å². The van der Waals surface area contributed by atoms with Gasteiger partial charge in [-0.1, -0.05) is 36.4 Å². The van der Waals surface area contributed by atoms with Crippen molar-refractivity contribution in [3.05, 3.63) is 90.0 Å². The molecule has 29 heavy (non-hydrogen) atoms. The first-order valence-corrected chi connectivity index (χ1v) is 9.62. The number of rotatable bonds is 6. The van der Waals surface area contributed by atoms with Crippen LogP contribution in [0.3, 0.4) is 0 Å². The molecule has 4 rings (SSSR count). The Morgan fingerprint density at radius 1 is 0.966 bits per heavy atom. The van der Waals surface area contributed by atoms with Crippen molar-refractivity contribution in [1.29, 1.82) is 0 Å². The maximum absolute atomic E-state index is 12.5. The number of amides is 1. The lowest BCUT2D eigenvalue weighted by Gasteiger charge is -2.07. The highest BCUT2D eigenvalue weighted by Gasteiger charge is 2.15. The normalized spacial score (nSPS) is 10.8. The Morgan fingerprint density at radius 2 is 1.62 bits per heavy atom. The molecule has 0 bridgehead atoms. The number of benzene rings is 2. The van der Waals surface area contributed by atoms with Crippen molar-refractivity contribution in [2.24, 2.45) is 0 Å². The summed E-state index contributed by atoms with van der Waals surface area (Å²) in [6.45, 7) is 3.87. The van der Waals surface area contributed by atoms with Crippen molar-refractivity contribution in [2.45, 2.75) is 26.7 Å². The van der Waals surface area contributed by atoms with E-state index in [1.165, 1.54) is 0 Å². The summed E-state index contributed by atoms with van der Waals surface area (Å²) in [6, 6.07) is 19.8. The predicted molar refractivity (Wildman–Crippen MR) is 114 cm³/mol. The van der Waals surface area contributed by atoms with Gasteiger partial charge in [0.2, 0.25) is 5.91 Å². The molecule has 0 saturated heterocycles. The van der Waals surface area contributed by atoms with Crippen molar-refractivity contribution in [3.8, 4) is 11.4 Å². The maximum atomic E-state index is 12.5. The summed E-state index contributed by atoms with van der Waals surface area (Å²) in [7, 11) is 0. The van der Waals surface area contributed by atoms with Crippen LogP contribution in [0.15, 0.2) is 73.1 Å². The highest BCUT2D eigenvalue weighted by atomic mass is 16.1. The lowest BCUT2D eigenvalue weighted by molar-refractivity contribution is -0.116. The standard InChI is InChI=1S/C23H23N5O/c1-17-23(18(2)28(26-17)21-11-7-4-8-12-21)25-22(29)14-13-19-15-24-27(16-19)20-9-5-3-6-10-20/h3-12,15-16H,13-14H2,1-2H3,(H,25,29). The molecule has 1 N–H and O–H groups in total. The van der Waals surface area contributed by atoms with Crippen molar-refractivity contribution < 1.29 is 4.79 Å². The van der Waals surface area contributed by atoms with E-state index in [-0.39, 0.29) is 5.91 Å². The van der Waals surface area contributed by atoms with Gasteiger partial charge < -0.3 is 5.32 Å². The molecule has 0 aliphatic rings. The maximum Gasteiger partial charge on any atom is 0.224 e. The van der Waals surface area contributed by atoms with Crippen LogP contribution in [0.2, 0.25) is 0 Å². The fourth-order valence-corrected chi connectivity index (χ4v) is 3.32. The molecular formula is C23H23N5O. The van der Waals surface area contributed by atoms with Gasteiger partial charge in [-0.15, -0.1) is 0 Å². The highest BCUT2D eigenvalue weighted by Crippen LogP contribution is 2.23. The molecule has 6 nitrogen and oxygen atoms in total. The van der Waals surface area contributed by atoms with Crippen molar-refractivity contribution in [1.82, 2.24) is 19.6 Å². The summed E-state index contributed by atoms with van der Waals surface area (Å²) in [5.41, 5.74) is 5.50. The summed E-state index contributed by atoms with van der Waals surface area (Å²) in [4.78, 5) is 12.5. The minimum Gasteiger partial charge on any atom is -0.323 e. The molecule has 0 aliphatic carbocycles. The van der Waals surface area contributed by atoms with Crippen molar-refractivity contribution in [2.75, 3.05) is 5.32 Å². The van der Waals surface area contributed by atoms with Gasteiger partial charge >= 0.3 is 0 Å². The first-order valence-electron chi connectivity index (χ1n) is 9.62. The van der Waals surface area contributed by atoms with Gasteiger partial charge in [-0.3, -0.25) is 4.79 Å². The van der Waals surface area contributed by atoms with Gasteiger partial charge in [0.1, 0.15) is 0 Å². The second kappa shape index (κ2) is 8.14. The number of carbonyl (C=O) groups excluding carboxylic acids is 1. The number of aryl methyl sites for hydroxylation is 2. The van der Waals surface area contributed by atoms with Crippen LogP contribution >= 0.6 is 0 Å². The van der Waals surface area contributed by atoms with Crippen molar-refractivity contribution >= 4 is 11.6 Å². The number of aromatic nitrogens is 4. The van der Waals surface area contributed by atoms with Gasteiger partial charge in [0.15, 0.2) is 0 Å². The van der Waals surface area contributed by atoms with Crippen LogP contribution < -0.4 is 5.32 Å². The van der Waals surface area contributed by atoms with E-state index in [0.29, 0.717) is 12.8 Å². The van der Waals surface area contributed by atoms with Crippen LogP contribution in [-0.2, 0) is 11.2 Å². The Labute approximate surface area is 169 Å². The first kappa shape index (κ1) is 18.7. The third-order valence-electron chi connectivity index (χ3n) is 4.85. The molecule has 6 heteroatoms. The van der Waals surface area contributed by atoms with Crippen LogP contribution in [0, 0.1) is 13.8 Å². The largest absolute Gasteiger partial charge is 0.323 e. The Kier molecular flexibility index (Phi) is 5.24. The molecule has 0 radical (unpaired) electrons. The zero-order valence-electron chi connectivity index (χ0n) is 16.5. The molecule has 0 saturated carbocycles. The summed E-state index contributed by atoms with van der Waals surface area (Å²) < 4.78 is 3.68. The molecule has 1 amide bonds. The van der Waals surface area contributed by atoms with E-state index in [4.69, 9.17) is 0 Å². The Balaban J connectivity index is 1.41. The summed E-state index contributed by atoms with van der Waals surface area (Å²) in [6.07, 6.45) is 4.79. The molecule has 0 atom stereocenters. The van der Waals surface area contributed by atoms with Gasteiger partial charge in [0.05, 0.1) is 34.6 Å². The first-order chi connectivity index (χ1) is 14.1. The zero-order chi connectivity index (χ0) is 20.2. The lowest BCUT2D eigenvalue weighted by Crippen LogP contribution is -2.13. The number of hydrogen-bond acceptors (Lipinski definition) is 3. The third kappa shape index (κ3) is 4.11. The van der Waals surface area contributed by atoms with E-state index in [1.807, 2.05) is 96.3 Å². The minimum absolute atomic E-state index is 0.0312. The molecule has 2 aromatic carbocycles. The number of anilines is 1. The van der Waals surface area contributed by atoms with E-state index in [1.54, 1.807) is 0 Å². The van der Waals surface area contributed by atoms with E-state index in [9.17, 15) is 4.79 Å². The molecule has 0 unspecified atom stereocenters. The number of nitrogens with zero attached hydrogens (tertiary/aromatic N) is 4. The molecule has 2 heterocycles. The fraction of sp³-hybridized carbons (Fsp3) is 0.174. The molecule has 0 spiro atoms. The van der Waals surface area contributed by atoms with Crippen molar-refractivity contribution in [3.63, 3.8) is 0 Å². The second-order valence-corrected chi connectivity index (χ2v) is 6.97. The molecular weight excluding hydrogens is 362 g/mol. The monoisotopic (exact) mass is 385 g/mol. The summed E-state index contributed by atoms with van der Waals surface area (Å²) in [5.74, 6) is -0.0312. The number of para-hydroxylation sites is 2. The average Bonchev–Trinajstić information content (AvgIpc) is 3.34. The van der Waals surface area contributed by atoms with Gasteiger partial charge in [0.25, 0.3) is 0 Å². The fourth-order valence-electron chi connectivity index (χ4n) is 3.32. The van der Waals surface area contributed by atoms with Gasteiger partial charge in [-0.2, -0.15) is 10.2 Å². The summed E-state index contributed by atoms with van der Waals surface area (Å²) in [5, 5.41) is 12.0. The predicted octanol–water partition coefficient (Wildman–Crippen LogP) is 4.25. The zero-order valence-corrected chi connectivity index (χ0v) is 16.5. The molecule has 4 aromatic rings. The van der Waals surface area contributed by atoms with E-state index < -0.39 is 0 Å². The average molecular weight is 385 g/mol. The Hall–Kier alpha value is -3.67. The quantitative estimate of drug-likeness (QED) is 0.540. The second-order valence-electron chi connectivity index (χ2n) is 6.97. The van der Waals surface area contributed by atoms with Gasteiger partial charge in [-0.25, -0.2) is 9.36 Å². The van der Waals surface area contributed by atoms with Crippen LogP contribution in [0.25, 0.3) is 11.4 Å². The SMILES string of the molecule is Cc1nn(-c2ccccc2)c(C)c1NC(=O)CCc1cnn(-c2ccccc2)c1. The molecule has 0 fully saturated rings. The Bertz CT molecular complexity index is 1110. The molecule has 0 aliphatic heterocycles. The number of nitrogens with one attached hydrogen (secondary N) is 1. The smallest absolute Gasteiger partial charge is 0.224 e. The number of carbonyl (C=O) groups is 1. The number of hydrogen-bond donors (Lipinski definition) is 1. The van der Waals surface area contributed by atoms with E-state index >= 15 is 0 Å². The minimum atomic E-state index is -0.0312. The van der Waals surface area contributed by atoms with Crippen LogP contribution in [-0.4, -0.2) is 25.5 Å². The topological polar surface area (TPSA) is 64.7 Å².